The number of aromatic amines is 1. The number of H-pyrrole nitrogens is 1. The molecule has 27 heavy (non-hydrogen) atoms. The van der Waals surface area contributed by atoms with E-state index in [0.717, 1.165) is 33.5 Å². The first kappa shape index (κ1) is 19.0. The molecule has 3 rings (SSSR count). The molecular weight excluding hydrogens is 338 g/mol. The van der Waals surface area contributed by atoms with E-state index in [1.165, 1.54) is 5.56 Å². The first-order chi connectivity index (χ1) is 12.6. The standard InChI is InChI=1S/C22H27N3O2/c1-13(2)19-17-12-16(24-21(26)27-22(4,5)6)7-8-18(17)25-20(19)15-9-10-23-14(3)11-15/h7-13,25H,1-6H3,(H,24,26). The number of fused-ring (bicyclic) bond motifs is 1. The highest BCUT2D eigenvalue weighted by atomic mass is 16.6. The van der Waals surface area contributed by atoms with E-state index in [-0.39, 0.29) is 0 Å². The van der Waals surface area contributed by atoms with Crippen molar-refractivity contribution < 1.29 is 9.53 Å². The highest BCUT2D eigenvalue weighted by Gasteiger charge is 2.19. The fraction of sp³-hybridized carbons (Fsp3) is 0.364. The van der Waals surface area contributed by atoms with Crippen molar-refractivity contribution >= 4 is 22.7 Å². The fourth-order valence-electron chi connectivity index (χ4n) is 3.24. The van der Waals surface area contributed by atoms with Crippen molar-refractivity contribution in [3.8, 4) is 11.3 Å². The van der Waals surface area contributed by atoms with E-state index in [0.29, 0.717) is 5.92 Å². The summed E-state index contributed by atoms with van der Waals surface area (Å²) in [4.78, 5) is 19.9. The lowest BCUT2D eigenvalue weighted by atomic mass is 9.96. The van der Waals surface area contributed by atoms with Crippen LogP contribution < -0.4 is 5.32 Å². The molecule has 1 amide bonds. The second kappa shape index (κ2) is 7.06. The number of pyridine rings is 1. The van der Waals surface area contributed by atoms with E-state index < -0.39 is 11.7 Å². The molecule has 0 saturated heterocycles. The van der Waals surface area contributed by atoms with Crippen LogP contribution in [0.2, 0.25) is 0 Å². The summed E-state index contributed by atoms with van der Waals surface area (Å²) in [6, 6.07) is 9.97. The largest absolute Gasteiger partial charge is 0.444 e. The minimum absolute atomic E-state index is 0.319. The van der Waals surface area contributed by atoms with Crippen molar-refractivity contribution in [3.63, 3.8) is 0 Å². The molecule has 0 bridgehead atoms. The van der Waals surface area contributed by atoms with E-state index >= 15 is 0 Å². The number of carbonyl (C=O) groups is 1. The van der Waals surface area contributed by atoms with Crippen LogP contribution in [0.5, 0.6) is 0 Å². The lowest BCUT2D eigenvalue weighted by Crippen LogP contribution is -2.27. The number of carbonyl (C=O) groups excluding carboxylic acids is 1. The molecule has 2 aromatic heterocycles. The van der Waals surface area contributed by atoms with Gasteiger partial charge in [0.25, 0.3) is 0 Å². The number of hydrogen-bond donors (Lipinski definition) is 2. The van der Waals surface area contributed by atoms with Gasteiger partial charge in [0.1, 0.15) is 5.60 Å². The van der Waals surface area contributed by atoms with Crippen molar-refractivity contribution in [2.75, 3.05) is 5.32 Å². The van der Waals surface area contributed by atoms with Gasteiger partial charge >= 0.3 is 6.09 Å². The summed E-state index contributed by atoms with van der Waals surface area (Å²) >= 11 is 0. The van der Waals surface area contributed by atoms with Gasteiger partial charge in [-0.05, 0) is 69.5 Å². The SMILES string of the molecule is Cc1cc(-c2[nH]c3ccc(NC(=O)OC(C)(C)C)cc3c2C(C)C)ccn1. The summed E-state index contributed by atoms with van der Waals surface area (Å²) in [5.74, 6) is 0.319. The molecular formula is C22H27N3O2. The number of aryl methyl sites for hydroxylation is 1. The summed E-state index contributed by atoms with van der Waals surface area (Å²) in [7, 11) is 0. The Bertz CT molecular complexity index is 981. The molecule has 142 valence electrons. The molecule has 3 aromatic rings. The minimum Gasteiger partial charge on any atom is -0.444 e. The predicted molar refractivity (Wildman–Crippen MR) is 110 cm³/mol. The number of ether oxygens (including phenoxy) is 1. The molecule has 0 fully saturated rings. The van der Waals surface area contributed by atoms with Crippen LogP contribution in [0.1, 0.15) is 51.8 Å². The third-order valence-electron chi connectivity index (χ3n) is 4.25. The number of rotatable bonds is 3. The quantitative estimate of drug-likeness (QED) is 0.597. The number of hydrogen-bond acceptors (Lipinski definition) is 3. The van der Waals surface area contributed by atoms with Gasteiger partial charge in [0, 0.05) is 34.0 Å². The van der Waals surface area contributed by atoms with Crippen LogP contribution in [0.4, 0.5) is 10.5 Å². The van der Waals surface area contributed by atoms with Crippen molar-refractivity contribution in [3.05, 3.63) is 47.8 Å². The molecule has 2 N–H and O–H groups in total. The van der Waals surface area contributed by atoms with Gasteiger partial charge in [0.05, 0.1) is 5.69 Å². The molecule has 0 spiro atoms. The average Bonchev–Trinajstić information content (AvgIpc) is 2.91. The molecule has 5 nitrogen and oxygen atoms in total. The number of nitrogens with one attached hydrogen (secondary N) is 2. The van der Waals surface area contributed by atoms with Crippen molar-refractivity contribution in [1.82, 2.24) is 9.97 Å². The smallest absolute Gasteiger partial charge is 0.412 e. The first-order valence-corrected chi connectivity index (χ1v) is 9.22. The Morgan fingerprint density at radius 1 is 1.19 bits per heavy atom. The van der Waals surface area contributed by atoms with Crippen molar-refractivity contribution in [2.24, 2.45) is 0 Å². The van der Waals surface area contributed by atoms with Crippen LogP contribution in [0.25, 0.3) is 22.2 Å². The maximum atomic E-state index is 12.1. The molecule has 0 radical (unpaired) electrons. The summed E-state index contributed by atoms with van der Waals surface area (Å²) in [5.41, 5.74) is 5.64. The Balaban J connectivity index is 2.03. The first-order valence-electron chi connectivity index (χ1n) is 9.22. The molecule has 0 saturated carbocycles. The Morgan fingerprint density at radius 3 is 2.56 bits per heavy atom. The molecule has 0 aliphatic rings. The molecule has 0 aliphatic carbocycles. The summed E-state index contributed by atoms with van der Waals surface area (Å²) in [6.07, 6.45) is 1.38. The molecule has 2 heterocycles. The van der Waals surface area contributed by atoms with Crippen LogP contribution in [0, 0.1) is 6.92 Å². The summed E-state index contributed by atoms with van der Waals surface area (Å²) in [5, 5.41) is 3.93. The van der Waals surface area contributed by atoms with Crippen LogP contribution in [-0.2, 0) is 4.74 Å². The van der Waals surface area contributed by atoms with E-state index in [1.54, 1.807) is 0 Å². The Morgan fingerprint density at radius 2 is 1.93 bits per heavy atom. The second-order valence-electron chi connectivity index (χ2n) is 8.14. The topological polar surface area (TPSA) is 67.0 Å². The van der Waals surface area contributed by atoms with Crippen molar-refractivity contribution in [2.45, 2.75) is 53.1 Å². The Kier molecular flexibility index (Phi) is 4.96. The normalized spacial score (nSPS) is 11.8. The molecule has 0 aliphatic heterocycles. The van der Waals surface area contributed by atoms with Crippen LogP contribution in [0.15, 0.2) is 36.5 Å². The van der Waals surface area contributed by atoms with Gasteiger partial charge in [-0.1, -0.05) is 13.8 Å². The number of anilines is 1. The summed E-state index contributed by atoms with van der Waals surface area (Å²) in [6.45, 7) is 11.9. The zero-order valence-corrected chi connectivity index (χ0v) is 16.8. The van der Waals surface area contributed by atoms with Gasteiger partial charge < -0.3 is 9.72 Å². The van der Waals surface area contributed by atoms with Gasteiger partial charge in [0.15, 0.2) is 0 Å². The number of amides is 1. The maximum Gasteiger partial charge on any atom is 0.412 e. The van der Waals surface area contributed by atoms with Gasteiger partial charge in [0.2, 0.25) is 0 Å². The zero-order valence-electron chi connectivity index (χ0n) is 16.8. The van der Waals surface area contributed by atoms with E-state index in [4.69, 9.17) is 4.74 Å². The van der Waals surface area contributed by atoms with E-state index in [2.05, 4.69) is 35.2 Å². The molecule has 0 unspecified atom stereocenters. The van der Waals surface area contributed by atoms with E-state index in [1.807, 2.05) is 58.2 Å². The van der Waals surface area contributed by atoms with Crippen LogP contribution in [0.3, 0.4) is 0 Å². The predicted octanol–water partition coefficient (Wildman–Crippen LogP) is 6.01. The highest BCUT2D eigenvalue weighted by Crippen LogP contribution is 2.36. The lowest BCUT2D eigenvalue weighted by molar-refractivity contribution is 0.0636. The number of nitrogens with zero attached hydrogens (tertiary/aromatic N) is 1. The third-order valence-corrected chi connectivity index (χ3v) is 4.25. The second-order valence-corrected chi connectivity index (χ2v) is 8.14. The Labute approximate surface area is 160 Å². The van der Waals surface area contributed by atoms with Gasteiger partial charge in [-0.25, -0.2) is 4.79 Å². The van der Waals surface area contributed by atoms with Crippen LogP contribution >= 0.6 is 0 Å². The van der Waals surface area contributed by atoms with Crippen molar-refractivity contribution in [1.29, 1.82) is 0 Å². The lowest BCUT2D eigenvalue weighted by Gasteiger charge is -2.19. The summed E-state index contributed by atoms with van der Waals surface area (Å²) < 4.78 is 5.35. The average molecular weight is 365 g/mol. The monoisotopic (exact) mass is 365 g/mol. The van der Waals surface area contributed by atoms with Gasteiger partial charge in [-0.3, -0.25) is 10.3 Å². The highest BCUT2D eigenvalue weighted by molar-refractivity contribution is 5.96. The maximum absolute atomic E-state index is 12.1. The third kappa shape index (κ3) is 4.30. The molecule has 1 aromatic carbocycles. The molecule has 5 heteroatoms. The fourth-order valence-corrected chi connectivity index (χ4v) is 3.24. The molecule has 0 atom stereocenters. The number of aromatic nitrogens is 2. The van der Waals surface area contributed by atoms with Gasteiger partial charge in [-0.15, -0.1) is 0 Å². The van der Waals surface area contributed by atoms with Crippen LogP contribution in [-0.4, -0.2) is 21.7 Å². The van der Waals surface area contributed by atoms with Gasteiger partial charge in [-0.2, -0.15) is 0 Å². The number of benzene rings is 1. The zero-order chi connectivity index (χ0) is 19.8. The van der Waals surface area contributed by atoms with E-state index in [9.17, 15) is 4.79 Å². The Hall–Kier alpha value is -2.82. The minimum atomic E-state index is -0.530.